The molecule has 0 amide bonds. The number of aliphatic imine (C=N–C) groups is 1. The summed E-state index contributed by atoms with van der Waals surface area (Å²) in [6.07, 6.45) is -0.755. The van der Waals surface area contributed by atoms with Crippen LogP contribution in [0, 0.1) is 11.5 Å². The molecular formula is C16H12F3N3S2. The Morgan fingerprint density at radius 2 is 1.83 bits per heavy atom. The average molecular weight is 367 g/mol. The monoisotopic (exact) mass is 367 g/mol. The highest BCUT2D eigenvalue weighted by molar-refractivity contribution is 8.13. The lowest BCUT2D eigenvalue weighted by molar-refractivity contribution is -0.137. The smallest absolute Gasteiger partial charge is 0.271 e. The van der Waals surface area contributed by atoms with Gasteiger partial charge in [-0.25, -0.2) is 4.99 Å². The van der Waals surface area contributed by atoms with E-state index in [-0.39, 0.29) is 0 Å². The molecule has 0 fully saturated rings. The topological polar surface area (TPSA) is 48.2 Å². The third-order valence-electron chi connectivity index (χ3n) is 2.82. The summed E-state index contributed by atoms with van der Waals surface area (Å²) in [6, 6.07) is 12.2. The molecule has 1 N–H and O–H groups in total. The van der Waals surface area contributed by atoms with Gasteiger partial charge in [-0.3, -0.25) is 5.32 Å². The average Bonchev–Trinajstić information content (AvgIpc) is 2.55. The lowest BCUT2D eigenvalue weighted by Crippen LogP contribution is -2.12. The number of benzene rings is 2. The number of hydrogen-bond donors (Lipinski definition) is 1. The second-order valence-electron chi connectivity index (χ2n) is 4.48. The van der Waals surface area contributed by atoms with Crippen LogP contribution in [0.15, 0.2) is 63.3 Å². The minimum absolute atomic E-state index is 0.468. The van der Waals surface area contributed by atoms with Crippen LogP contribution in [0.1, 0.15) is 5.56 Å². The van der Waals surface area contributed by atoms with Crippen LogP contribution in [0.4, 0.5) is 18.9 Å². The Morgan fingerprint density at radius 1 is 1.12 bits per heavy atom. The fourth-order valence-electron chi connectivity index (χ4n) is 1.75. The van der Waals surface area contributed by atoms with Crippen molar-refractivity contribution in [1.29, 1.82) is 5.26 Å². The predicted octanol–water partition coefficient (Wildman–Crippen LogP) is 5.28. The van der Waals surface area contributed by atoms with Gasteiger partial charge in [0.05, 0.1) is 11.3 Å². The van der Waals surface area contributed by atoms with Crippen molar-refractivity contribution < 1.29 is 13.2 Å². The Hall–Kier alpha value is -2.11. The largest absolute Gasteiger partial charge is 0.416 e. The van der Waals surface area contributed by atoms with E-state index in [9.17, 15) is 13.2 Å². The van der Waals surface area contributed by atoms with Gasteiger partial charge >= 0.3 is 6.18 Å². The highest BCUT2D eigenvalue weighted by Gasteiger charge is 2.30. The van der Waals surface area contributed by atoms with Crippen molar-refractivity contribution in [2.75, 3.05) is 6.26 Å². The summed E-state index contributed by atoms with van der Waals surface area (Å²) >= 11 is 2.54. The Morgan fingerprint density at radius 3 is 2.42 bits per heavy atom. The molecule has 0 aromatic heterocycles. The van der Waals surface area contributed by atoms with Gasteiger partial charge in [-0.2, -0.15) is 18.4 Å². The van der Waals surface area contributed by atoms with E-state index in [0.717, 1.165) is 17.0 Å². The Bertz CT molecular complexity index is 765. The number of nitrogens with zero attached hydrogens (tertiary/aromatic N) is 2. The molecule has 2 aromatic carbocycles. The van der Waals surface area contributed by atoms with Crippen LogP contribution in [-0.2, 0) is 6.18 Å². The molecule has 0 radical (unpaired) electrons. The number of hydrogen-bond acceptors (Lipinski definition) is 4. The second-order valence-corrected chi connectivity index (χ2v) is 6.42. The van der Waals surface area contributed by atoms with Crippen LogP contribution in [0.5, 0.6) is 0 Å². The molecule has 8 heteroatoms. The van der Waals surface area contributed by atoms with Gasteiger partial charge in [0, 0.05) is 9.79 Å². The third kappa shape index (κ3) is 5.22. The molecule has 0 saturated heterocycles. The molecule has 24 heavy (non-hydrogen) atoms. The number of nitriles is 1. The molecule has 0 aliphatic heterocycles. The van der Waals surface area contributed by atoms with Gasteiger partial charge in [-0.05, 0) is 48.7 Å². The molecule has 0 saturated carbocycles. The van der Waals surface area contributed by atoms with E-state index in [0.29, 0.717) is 15.8 Å². The van der Waals surface area contributed by atoms with Crippen LogP contribution < -0.4 is 5.32 Å². The first kappa shape index (κ1) is 18.2. The van der Waals surface area contributed by atoms with Crippen LogP contribution in [0.2, 0.25) is 0 Å². The zero-order valence-corrected chi connectivity index (χ0v) is 14.1. The van der Waals surface area contributed by atoms with Gasteiger partial charge in [0.15, 0.2) is 11.4 Å². The fourth-order valence-corrected chi connectivity index (χ4v) is 2.97. The highest BCUT2D eigenvalue weighted by atomic mass is 32.2. The molecule has 0 bridgehead atoms. The minimum Gasteiger partial charge on any atom is -0.271 e. The quantitative estimate of drug-likeness (QED) is 0.347. The van der Waals surface area contributed by atoms with E-state index < -0.39 is 11.7 Å². The minimum atomic E-state index is -4.35. The van der Waals surface area contributed by atoms with E-state index >= 15 is 0 Å². The lowest BCUT2D eigenvalue weighted by atomic mass is 10.2. The van der Waals surface area contributed by atoms with Gasteiger partial charge in [0.25, 0.3) is 0 Å². The van der Waals surface area contributed by atoms with Gasteiger partial charge < -0.3 is 0 Å². The number of amidine groups is 1. The summed E-state index contributed by atoms with van der Waals surface area (Å²) in [4.78, 5) is 5.56. The summed E-state index contributed by atoms with van der Waals surface area (Å²) in [6.45, 7) is 0. The molecular weight excluding hydrogens is 355 g/mol. The van der Waals surface area contributed by atoms with Gasteiger partial charge in [-0.15, -0.1) is 0 Å². The maximum atomic E-state index is 12.7. The van der Waals surface area contributed by atoms with Crippen LogP contribution in [0.25, 0.3) is 0 Å². The van der Waals surface area contributed by atoms with Gasteiger partial charge in [0.1, 0.15) is 0 Å². The molecule has 2 aromatic rings. The van der Waals surface area contributed by atoms with E-state index in [1.54, 1.807) is 42.8 Å². The summed E-state index contributed by atoms with van der Waals surface area (Å²) in [7, 11) is 0. The molecule has 3 nitrogen and oxygen atoms in total. The summed E-state index contributed by atoms with van der Waals surface area (Å²) in [5, 5.41) is 11.5. The zero-order valence-electron chi connectivity index (χ0n) is 12.5. The van der Waals surface area contributed by atoms with Crippen molar-refractivity contribution in [1.82, 2.24) is 5.32 Å². The van der Waals surface area contributed by atoms with Gasteiger partial charge in [-0.1, -0.05) is 29.6 Å². The van der Waals surface area contributed by atoms with E-state index in [1.165, 1.54) is 29.6 Å². The number of nitrogens with one attached hydrogen (secondary N) is 1. The number of halogens is 3. The van der Waals surface area contributed by atoms with Crippen molar-refractivity contribution in [2.24, 2.45) is 4.99 Å². The molecule has 0 atom stereocenters. The number of rotatable bonds is 3. The zero-order chi connectivity index (χ0) is 17.6. The van der Waals surface area contributed by atoms with E-state index in [1.807, 2.05) is 0 Å². The number of alkyl halides is 3. The first-order valence-corrected chi connectivity index (χ1v) is 8.69. The molecule has 0 spiro atoms. The first-order chi connectivity index (χ1) is 11.4. The Kier molecular flexibility index (Phi) is 6.17. The second kappa shape index (κ2) is 8.13. The standard InChI is InChI=1S/C16H12F3N3S2/c1-23-15(21-10-20)22-12-5-7-13(8-6-12)24-14-4-2-3-11(9-14)16(17,18)19/h2-9H,1H3,(H,21,22). The van der Waals surface area contributed by atoms with E-state index in [2.05, 4.69) is 10.3 Å². The normalized spacial score (nSPS) is 11.9. The van der Waals surface area contributed by atoms with Crippen molar-refractivity contribution in [3.8, 4) is 6.19 Å². The predicted molar refractivity (Wildman–Crippen MR) is 91.4 cm³/mol. The maximum absolute atomic E-state index is 12.7. The lowest BCUT2D eigenvalue weighted by Gasteiger charge is -2.08. The molecule has 2 rings (SSSR count). The molecule has 0 aliphatic rings. The third-order valence-corrected chi connectivity index (χ3v) is 4.40. The SMILES string of the molecule is CSC(=Nc1ccc(Sc2cccc(C(F)(F)F)c2)cc1)NC#N. The molecule has 0 aliphatic carbocycles. The summed E-state index contributed by atoms with van der Waals surface area (Å²) < 4.78 is 38.2. The van der Waals surface area contributed by atoms with Gasteiger partial charge in [0.2, 0.25) is 0 Å². The molecule has 0 heterocycles. The molecule has 124 valence electrons. The highest BCUT2D eigenvalue weighted by Crippen LogP contribution is 2.34. The summed E-state index contributed by atoms with van der Waals surface area (Å²) in [5.74, 6) is 0. The Balaban J connectivity index is 2.14. The van der Waals surface area contributed by atoms with Crippen molar-refractivity contribution in [3.63, 3.8) is 0 Å². The maximum Gasteiger partial charge on any atom is 0.416 e. The van der Waals surface area contributed by atoms with Crippen LogP contribution >= 0.6 is 23.5 Å². The fraction of sp³-hybridized carbons (Fsp3) is 0.125. The summed E-state index contributed by atoms with van der Waals surface area (Å²) in [5.41, 5.74) is -0.0172. The van der Waals surface area contributed by atoms with E-state index in [4.69, 9.17) is 5.26 Å². The van der Waals surface area contributed by atoms with Crippen molar-refractivity contribution >= 4 is 34.4 Å². The number of thioether (sulfide) groups is 1. The van der Waals surface area contributed by atoms with Crippen molar-refractivity contribution in [3.05, 3.63) is 54.1 Å². The first-order valence-electron chi connectivity index (χ1n) is 6.65. The van der Waals surface area contributed by atoms with Crippen LogP contribution in [-0.4, -0.2) is 11.4 Å². The Labute approximate surface area is 146 Å². The van der Waals surface area contributed by atoms with Crippen LogP contribution in [0.3, 0.4) is 0 Å². The molecule has 0 unspecified atom stereocenters. The van der Waals surface area contributed by atoms with Crippen molar-refractivity contribution in [2.45, 2.75) is 16.0 Å².